The quantitative estimate of drug-likeness (QED) is 0.815. The molecule has 0 bridgehead atoms. The molecule has 2 aromatic rings. The number of aryl methyl sites for hydroxylation is 1. The van der Waals surface area contributed by atoms with Crippen molar-refractivity contribution in [3.05, 3.63) is 59.4 Å². The van der Waals surface area contributed by atoms with Gasteiger partial charge in [-0.2, -0.15) is 0 Å². The molecule has 0 radical (unpaired) electrons. The van der Waals surface area contributed by atoms with E-state index >= 15 is 0 Å². The molecule has 3 atom stereocenters. The standard InChI is InChI=1S/C22H24FNO3/c1-14-2-7-19(10-21(14)23)27-20-8-16-11-24(12-17(16)9-20)13-22(26)15-3-5-18(25)6-4-15/h2-7,10,16-17,20,25H,8-9,11-13H2,1H3/t16-,17+,20+. The summed E-state index contributed by atoms with van der Waals surface area (Å²) in [5.74, 6) is 1.67. The first kappa shape index (κ1) is 18.0. The Kier molecular flexibility index (Phi) is 4.87. The lowest BCUT2D eigenvalue weighted by Gasteiger charge is -2.19. The summed E-state index contributed by atoms with van der Waals surface area (Å²) in [6.07, 6.45) is 2.02. The zero-order valence-corrected chi connectivity index (χ0v) is 15.4. The van der Waals surface area contributed by atoms with E-state index in [9.17, 15) is 14.3 Å². The van der Waals surface area contributed by atoms with Crippen LogP contribution < -0.4 is 4.74 Å². The SMILES string of the molecule is Cc1ccc(O[C@H]2C[C@@H]3CN(CC(=O)c4ccc(O)cc4)C[C@@H]3C2)cc1F. The Labute approximate surface area is 158 Å². The molecular formula is C22H24FNO3. The van der Waals surface area contributed by atoms with Gasteiger partial charge in [0.25, 0.3) is 0 Å². The maximum atomic E-state index is 13.7. The van der Waals surface area contributed by atoms with E-state index in [0.29, 0.717) is 35.3 Å². The van der Waals surface area contributed by atoms with Crippen LogP contribution in [0, 0.1) is 24.6 Å². The van der Waals surface area contributed by atoms with E-state index in [-0.39, 0.29) is 23.5 Å². The van der Waals surface area contributed by atoms with Crippen molar-refractivity contribution in [2.24, 2.45) is 11.8 Å². The molecule has 2 aliphatic rings. The summed E-state index contributed by atoms with van der Waals surface area (Å²) in [5, 5.41) is 9.34. The number of carbonyl (C=O) groups is 1. The lowest BCUT2D eigenvalue weighted by Crippen LogP contribution is -2.30. The smallest absolute Gasteiger partial charge is 0.176 e. The Morgan fingerprint density at radius 1 is 1.15 bits per heavy atom. The van der Waals surface area contributed by atoms with E-state index in [1.54, 1.807) is 37.3 Å². The van der Waals surface area contributed by atoms with Crippen molar-refractivity contribution >= 4 is 5.78 Å². The van der Waals surface area contributed by atoms with Crippen LogP contribution in [0.25, 0.3) is 0 Å². The Balaban J connectivity index is 1.29. The van der Waals surface area contributed by atoms with Crippen molar-refractivity contribution in [3.8, 4) is 11.5 Å². The fraction of sp³-hybridized carbons (Fsp3) is 0.409. The fourth-order valence-electron chi connectivity index (χ4n) is 4.35. The van der Waals surface area contributed by atoms with Crippen LogP contribution in [-0.4, -0.2) is 41.5 Å². The van der Waals surface area contributed by atoms with Crippen molar-refractivity contribution in [1.29, 1.82) is 0 Å². The predicted octanol–water partition coefficient (Wildman–Crippen LogP) is 3.81. The molecule has 4 nitrogen and oxygen atoms in total. The Hall–Kier alpha value is -2.40. The second-order valence-electron chi connectivity index (χ2n) is 7.81. The highest BCUT2D eigenvalue weighted by atomic mass is 19.1. The molecular weight excluding hydrogens is 345 g/mol. The second kappa shape index (κ2) is 7.31. The molecule has 0 aromatic heterocycles. The molecule has 4 rings (SSSR count). The summed E-state index contributed by atoms with van der Waals surface area (Å²) < 4.78 is 19.7. The number of phenolic OH excluding ortho intramolecular Hbond substituents is 1. The van der Waals surface area contributed by atoms with Crippen LogP contribution in [-0.2, 0) is 0 Å². The molecule has 2 aromatic carbocycles. The summed E-state index contributed by atoms with van der Waals surface area (Å²) in [6.45, 7) is 3.95. The summed E-state index contributed by atoms with van der Waals surface area (Å²) >= 11 is 0. The number of aromatic hydroxyl groups is 1. The number of ether oxygens (including phenoxy) is 1. The Morgan fingerprint density at radius 3 is 2.44 bits per heavy atom. The number of Topliss-reactive ketones (excluding diaryl/α,β-unsaturated/α-hetero) is 1. The summed E-state index contributed by atoms with van der Waals surface area (Å²) in [5.41, 5.74) is 1.26. The lowest BCUT2D eigenvalue weighted by atomic mass is 10.0. The average Bonchev–Trinajstić information content (AvgIpc) is 3.16. The van der Waals surface area contributed by atoms with Gasteiger partial charge in [-0.3, -0.25) is 9.69 Å². The number of rotatable bonds is 5. The molecule has 1 saturated heterocycles. The summed E-state index contributed by atoms with van der Waals surface area (Å²) in [4.78, 5) is 14.6. The van der Waals surface area contributed by atoms with Gasteiger partial charge in [-0.15, -0.1) is 0 Å². The van der Waals surface area contributed by atoms with E-state index in [1.807, 2.05) is 6.07 Å². The minimum absolute atomic E-state index is 0.0814. The number of carbonyl (C=O) groups excluding carboxylic acids is 1. The van der Waals surface area contributed by atoms with Gasteiger partial charge in [0.1, 0.15) is 17.3 Å². The number of fused-ring (bicyclic) bond motifs is 1. The van der Waals surface area contributed by atoms with Gasteiger partial charge in [0.2, 0.25) is 0 Å². The predicted molar refractivity (Wildman–Crippen MR) is 101 cm³/mol. The molecule has 1 heterocycles. The van der Waals surface area contributed by atoms with E-state index in [2.05, 4.69) is 4.90 Å². The van der Waals surface area contributed by atoms with E-state index in [4.69, 9.17) is 4.74 Å². The van der Waals surface area contributed by atoms with Gasteiger partial charge in [-0.25, -0.2) is 4.39 Å². The molecule has 5 heteroatoms. The number of likely N-dealkylation sites (tertiary alicyclic amines) is 1. The van der Waals surface area contributed by atoms with Crippen molar-refractivity contribution in [3.63, 3.8) is 0 Å². The van der Waals surface area contributed by atoms with Crippen LogP contribution in [0.5, 0.6) is 11.5 Å². The van der Waals surface area contributed by atoms with Crippen molar-refractivity contribution in [2.75, 3.05) is 19.6 Å². The van der Waals surface area contributed by atoms with E-state index < -0.39 is 0 Å². The molecule has 0 unspecified atom stereocenters. The number of halogens is 1. The zero-order chi connectivity index (χ0) is 19.0. The lowest BCUT2D eigenvalue weighted by molar-refractivity contribution is 0.0936. The summed E-state index contributed by atoms with van der Waals surface area (Å²) in [6, 6.07) is 11.5. The van der Waals surface area contributed by atoms with Gasteiger partial charge >= 0.3 is 0 Å². The molecule has 1 saturated carbocycles. The first-order valence-corrected chi connectivity index (χ1v) is 9.45. The molecule has 1 aliphatic heterocycles. The number of ketones is 1. The molecule has 0 spiro atoms. The molecule has 27 heavy (non-hydrogen) atoms. The van der Waals surface area contributed by atoms with Gasteiger partial charge in [-0.05, 0) is 67.5 Å². The number of nitrogens with zero attached hydrogens (tertiary/aromatic N) is 1. The number of benzene rings is 2. The van der Waals surface area contributed by atoms with Gasteiger partial charge in [-0.1, -0.05) is 6.07 Å². The minimum Gasteiger partial charge on any atom is -0.508 e. The third-order valence-electron chi connectivity index (χ3n) is 5.79. The largest absolute Gasteiger partial charge is 0.508 e. The van der Waals surface area contributed by atoms with Crippen LogP contribution in [0.3, 0.4) is 0 Å². The van der Waals surface area contributed by atoms with E-state index in [0.717, 1.165) is 25.9 Å². The van der Waals surface area contributed by atoms with Crippen molar-refractivity contribution in [2.45, 2.75) is 25.9 Å². The van der Waals surface area contributed by atoms with Crippen LogP contribution in [0.1, 0.15) is 28.8 Å². The van der Waals surface area contributed by atoms with Gasteiger partial charge in [0, 0.05) is 24.7 Å². The number of phenols is 1. The number of hydrogen-bond donors (Lipinski definition) is 1. The molecule has 0 amide bonds. The monoisotopic (exact) mass is 369 g/mol. The third kappa shape index (κ3) is 3.98. The Morgan fingerprint density at radius 2 is 1.81 bits per heavy atom. The second-order valence-corrected chi connectivity index (χ2v) is 7.81. The van der Waals surface area contributed by atoms with Gasteiger partial charge < -0.3 is 9.84 Å². The van der Waals surface area contributed by atoms with Crippen LogP contribution in [0.2, 0.25) is 0 Å². The maximum Gasteiger partial charge on any atom is 0.176 e. The third-order valence-corrected chi connectivity index (χ3v) is 5.79. The first-order chi connectivity index (χ1) is 13.0. The highest BCUT2D eigenvalue weighted by Gasteiger charge is 2.42. The van der Waals surface area contributed by atoms with Crippen LogP contribution in [0.15, 0.2) is 42.5 Å². The van der Waals surface area contributed by atoms with Crippen LogP contribution in [0.4, 0.5) is 4.39 Å². The highest BCUT2D eigenvalue weighted by molar-refractivity contribution is 5.97. The Bertz CT molecular complexity index is 822. The zero-order valence-electron chi connectivity index (χ0n) is 15.4. The summed E-state index contributed by atoms with van der Waals surface area (Å²) in [7, 11) is 0. The van der Waals surface area contributed by atoms with Gasteiger partial charge in [0.05, 0.1) is 12.6 Å². The molecule has 1 aliphatic carbocycles. The first-order valence-electron chi connectivity index (χ1n) is 9.45. The topological polar surface area (TPSA) is 49.8 Å². The average molecular weight is 369 g/mol. The normalized spacial score (nSPS) is 24.7. The van der Waals surface area contributed by atoms with Crippen molar-refractivity contribution in [1.82, 2.24) is 4.90 Å². The number of hydrogen-bond acceptors (Lipinski definition) is 4. The molecule has 142 valence electrons. The molecule has 2 fully saturated rings. The van der Waals surface area contributed by atoms with Crippen molar-refractivity contribution < 1.29 is 19.0 Å². The highest BCUT2D eigenvalue weighted by Crippen LogP contribution is 2.39. The fourth-order valence-corrected chi connectivity index (χ4v) is 4.35. The maximum absolute atomic E-state index is 13.7. The van der Waals surface area contributed by atoms with Gasteiger partial charge in [0.15, 0.2) is 5.78 Å². The molecule has 1 N–H and O–H groups in total. The van der Waals surface area contributed by atoms with Crippen LogP contribution >= 0.6 is 0 Å². The van der Waals surface area contributed by atoms with E-state index in [1.165, 1.54) is 6.07 Å². The minimum atomic E-state index is -0.232.